The first-order valence-electron chi connectivity index (χ1n) is 10.4. The summed E-state index contributed by atoms with van der Waals surface area (Å²) in [4.78, 5) is 16.8. The van der Waals surface area contributed by atoms with Crippen LogP contribution in [0.4, 0.5) is 0 Å². The van der Waals surface area contributed by atoms with Gasteiger partial charge in [0.15, 0.2) is 17.2 Å². The third-order valence-electron chi connectivity index (χ3n) is 4.98. The van der Waals surface area contributed by atoms with E-state index in [4.69, 9.17) is 14.2 Å². The Labute approximate surface area is 214 Å². The molecule has 4 rings (SSSR count). The molecule has 0 saturated heterocycles. The number of nitrogens with zero attached hydrogens (tertiary/aromatic N) is 1. The van der Waals surface area contributed by atoms with Crippen molar-refractivity contribution in [1.82, 2.24) is 0 Å². The molecule has 3 aromatic carbocycles. The lowest BCUT2D eigenvalue weighted by Gasteiger charge is -2.15. The second-order valence-corrected chi connectivity index (χ2v) is 9.42. The van der Waals surface area contributed by atoms with Crippen LogP contribution in [0.2, 0.25) is 0 Å². The largest absolute Gasteiger partial charge is 0.490 e. The highest BCUT2D eigenvalue weighted by Crippen LogP contribution is 2.38. The van der Waals surface area contributed by atoms with E-state index in [9.17, 15) is 4.79 Å². The smallest absolute Gasteiger partial charge is 0.363 e. The summed E-state index contributed by atoms with van der Waals surface area (Å²) in [6, 6.07) is 19.4. The van der Waals surface area contributed by atoms with Gasteiger partial charge in [-0.2, -0.15) is 0 Å². The van der Waals surface area contributed by atoms with Crippen molar-refractivity contribution in [1.29, 1.82) is 0 Å². The van der Waals surface area contributed by atoms with E-state index in [1.807, 2.05) is 61.5 Å². The molecule has 0 unspecified atom stereocenters. The molecule has 0 fully saturated rings. The minimum absolute atomic E-state index is 0.228. The van der Waals surface area contributed by atoms with Crippen LogP contribution in [-0.2, 0) is 16.1 Å². The summed E-state index contributed by atoms with van der Waals surface area (Å²) in [5.74, 6) is 1.00. The number of aliphatic imine (C=N–C) groups is 1. The average Bonchev–Trinajstić information content (AvgIpc) is 3.15. The molecule has 0 bridgehead atoms. The Morgan fingerprint density at radius 1 is 1.09 bits per heavy atom. The zero-order chi connectivity index (χ0) is 23.4. The first-order valence-corrected chi connectivity index (χ1v) is 12.2. The molecule has 33 heavy (non-hydrogen) atoms. The molecule has 0 spiro atoms. The zero-order valence-corrected chi connectivity index (χ0v) is 21.8. The van der Waals surface area contributed by atoms with E-state index in [1.54, 1.807) is 6.08 Å². The maximum atomic E-state index is 12.4. The van der Waals surface area contributed by atoms with Crippen LogP contribution in [0.25, 0.3) is 6.08 Å². The predicted octanol–water partition coefficient (Wildman–Crippen LogP) is 6.68. The first-order chi connectivity index (χ1) is 15.9. The van der Waals surface area contributed by atoms with Gasteiger partial charge in [0.2, 0.25) is 5.90 Å². The Balaban J connectivity index is 1.61. The molecule has 5 nitrogen and oxygen atoms in total. The van der Waals surface area contributed by atoms with Crippen molar-refractivity contribution in [2.75, 3.05) is 6.61 Å². The minimum Gasteiger partial charge on any atom is -0.490 e. The van der Waals surface area contributed by atoms with E-state index in [-0.39, 0.29) is 5.70 Å². The van der Waals surface area contributed by atoms with Gasteiger partial charge < -0.3 is 14.2 Å². The second kappa shape index (κ2) is 10.5. The number of aryl methyl sites for hydroxylation is 1. The topological polar surface area (TPSA) is 57.1 Å². The molecular weight excluding hydrogens is 597 g/mol. The second-order valence-electron chi connectivity index (χ2n) is 7.32. The molecule has 3 aromatic rings. The van der Waals surface area contributed by atoms with Gasteiger partial charge in [0.25, 0.3) is 0 Å². The number of ether oxygens (including phenoxy) is 3. The molecule has 0 radical (unpaired) electrons. The van der Waals surface area contributed by atoms with Gasteiger partial charge in [-0.05, 0) is 112 Å². The number of carbonyl (C=O) groups is 1. The molecule has 1 aliphatic rings. The highest BCUT2D eigenvalue weighted by atomic mass is 127. The van der Waals surface area contributed by atoms with Crippen LogP contribution in [0.5, 0.6) is 11.5 Å². The third-order valence-corrected chi connectivity index (χ3v) is 6.29. The number of hydrogen-bond donors (Lipinski definition) is 0. The molecule has 1 heterocycles. The van der Waals surface area contributed by atoms with Crippen LogP contribution < -0.4 is 9.47 Å². The van der Waals surface area contributed by atoms with Crippen LogP contribution in [-0.4, -0.2) is 18.5 Å². The highest BCUT2D eigenvalue weighted by molar-refractivity contribution is 14.1. The Kier molecular flexibility index (Phi) is 7.49. The lowest BCUT2D eigenvalue weighted by Crippen LogP contribution is -2.05. The summed E-state index contributed by atoms with van der Waals surface area (Å²) in [5, 5.41) is 0. The van der Waals surface area contributed by atoms with Gasteiger partial charge in [-0.1, -0.05) is 24.3 Å². The predicted molar refractivity (Wildman–Crippen MR) is 141 cm³/mol. The van der Waals surface area contributed by atoms with Crippen molar-refractivity contribution in [2.24, 2.45) is 4.99 Å². The number of esters is 1. The summed E-state index contributed by atoms with van der Waals surface area (Å²) < 4.78 is 19.1. The lowest BCUT2D eigenvalue weighted by molar-refractivity contribution is -0.129. The number of cyclic esters (lactones) is 1. The molecular formula is C26H21BrINO4. The number of halogens is 2. The van der Waals surface area contributed by atoms with Crippen molar-refractivity contribution in [3.63, 3.8) is 0 Å². The summed E-state index contributed by atoms with van der Waals surface area (Å²) in [6.45, 7) is 4.86. The van der Waals surface area contributed by atoms with Gasteiger partial charge in [0.1, 0.15) is 6.61 Å². The molecule has 0 atom stereocenters. The van der Waals surface area contributed by atoms with E-state index in [0.717, 1.165) is 30.3 Å². The van der Waals surface area contributed by atoms with Crippen LogP contribution in [0.15, 0.2) is 75.8 Å². The fourth-order valence-electron chi connectivity index (χ4n) is 3.28. The minimum atomic E-state index is -0.488. The van der Waals surface area contributed by atoms with Gasteiger partial charge in [-0.15, -0.1) is 0 Å². The lowest BCUT2D eigenvalue weighted by atomic mass is 10.1. The highest BCUT2D eigenvalue weighted by Gasteiger charge is 2.24. The van der Waals surface area contributed by atoms with E-state index in [2.05, 4.69) is 56.5 Å². The fourth-order valence-corrected chi connectivity index (χ4v) is 4.21. The van der Waals surface area contributed by atoms with Crippen molar-refractivity contribution in [2.45, 2.75) is 20.5 Å². The monoisotopic (exact) mass is 617 g/mol. The Hall–Kier alpha value is -2.65. The van der Waals surface area contributed by atoms with E-state index < -0.39 is 5.97 Å². The van der Waals surface area contributed by atoms with Crippen LogP contribution >= 0.6 is 38.5 Å². The fraction of sp³-hybridized carbons (Fsp3) is 0.154. The molecule has 0 aliphatic carbocycles. The molecule has 0 amide bonds. The number of hydrogen-bond acceptors (Lipinski definition) is 5. The summed E-state index contributed by atoms with van der Waals surface area (Å²) in [7, 11) is 0. The van der Waals surface area contributed by atoms with Crippen LogP contribution in [0.3, 0.4) is 0 Å². The van der Waals surface area contributed by atoms with E-state index in [0.29, 0.717) is 30.6 Å². The maximum Gasteiger partial charge on any atom is 0.363 e. The van der Waals surface area contributed by atoms with E-state index >= 15 is 0 Å². The molecule has 0 saturated carbocycles. The SMILES string of the molecule is CCOc1cc(/C=C2\N=C(c3ccc(I)cc3)OC2=O)cc(Br)c1OCc1ccccc1C. The van der Waals surface area contributed by atoms with Crippen molar-refractivity contribution in [3.05, 3.63) is 96.7 Å². The Morgan fingerprint density at radius 2 is 1.85 bits per heavy atom. The van der Waals surface area contributed by atoms with Crippen LogP contribution in [0.1, 0.15) is 29.2 Å². The Morgan fingerprint density at radius 3 is 2.58 bits per heavy atom. The first kappa shape index (κ1) is 23.5. The van der Waals surface area contributed by atoms with Gasteiger partial charge in [-0.3, -0.25) is 0 Å². The van der Waals surface area contributed by atoms with Crippen molar-refractivity contribution >= 4 is 56.5 Å². The maximum absolute atomic E-state index is 12.4. The third kappa shape index (κ3) is 5.65. The van der Waals surface area contributed by atoms with Crippen molar-refractivity contribution < 1.29 is 19.0 Å². The normalized spacial score (nSPS) is 14.2. The van der Waals surface area contributed by atoms with Gasteiger partial charge in [-0.25, -0.2) is 9.79 Å². The van der Waals surface area contributed by atoms with E-state index in [1.165, 1.54) is 0 Å². The summed E-state index contributed by atoms with van der Waals surface area (Å²) in [5.41, 5.74) is 3.99. The Bertz CT molecular complexity index is 1250. The summed E-state index contributed by atoms with van der Waals surface area (Å²) in [6.07, 6.45) is 1.68. The zero-order valence-electron chi connectivity index (χ0n) is 18.1. The molecule has 0 N–H and O–H groups in total. The quantitative estimate of drug-likeness (QED) is 0.169. The number of rotatable bonds is 7. The average molecular weight is 618 g/mol. The molecule has 168 valence electrons. The standard InChI is InChI=1S/C26H21BrINO4/c1-3-31-23-14-17(12-21(27)24(23)32-15-19-7-5-4-6-16(19)2)13-22-26(30)33-25(29-22)18-8-10-20(28)11-9-18/h4-14H,3,15H2,1-2H3/b22-13-. The molecule has 0 aromatic heterocycles. The summed E-state index contributed by atoms with van der Waals surface area (Å²) >= 11 is 5.82. The molecule has 1 aliphatic heterocycles. The van der Waals surface area contributed by atoms with Gasteiger partial charge in [0.05, 0.1) is 11.1 Å². The van der Waals surface area contributed by atoms with Crippen LogP contribution in [0, 0.1) is 10.5 Å². The van der Waals surface area contributed by atoms with Crippen molar-refractivity contribution in [3.8, 4) is 11.5 Å². The van der Waals surface area contributed by atoms with Gasteiger partial charge in [0, 0.05) is 9.13 Å². The molecule has 7 heteroatoms. The number of benzene rings is 3. The number of carbonyl (C=O) groups excluding carboxylic acids is 1. The van der Waals surface area contributed by atoms with Gasteiger partial charge >= 0.3 is 5.97 Å².